The molecule has 0 spiro atoms. The number of ether oxygens (including phenoxy) is 2. The van der Waals surface area contributed by atoms with Gasteiger partial charge in [0.2, 0.25) is 12.7 Å². The van der Waals surface area contributed by atoms with E-state index in [0.717, 1.165) is 11.1 Å². The summed E-state index contributed by atoms with van der Waals surface area (Å²) in [7, 11) is 0. The van der Waals surface area contributed by atoms with Crippen LogP contribution in [-0.2, 0) is 9.59 Å². The molecule has 0 bridgehead atoms. The van der Waals surface area contributed by atoms with Crippen LogP contribution < -0.4 is 19.7 Å². The van der Waals surface area contributed by atoms with Gasteiger partial charge in [-0.25, -0.2) is 4.99 Å². The zero-order valence-electron chi connectivity index (χ0n) is 19.2. The molecule has 2 aliphatic rings. The van der Waals surface area contributed by atoms with Crippen LogP contribution in [-0.4, -0.2) is 29.5 Å². The van der Waals surface area contributed by atoms with E-state index in [0.29, 0.717) is 33.6 Å². The number of hydrogen-bond donors (Lipinski definition) is 1. The molecule has 3 aromatic carbocycles. The van der Waals surface area contributed by atoms with Crippen molar-refractivity contribution in [1.29, 1.82) is 5.26 Å². The lowest BCUT2D eigenvalue weighted by atomic mass is 10.1. The van der Waals surface area contributed by atoms with Gasteiger partial charge in [0.1, 0.15) is 5.70 Å². The summed E-state index contributed by atoms with van der Waals surface area (Å²) in [6.07, 6.45) is 1.69. The number of thioether (sulfide) groups is 1. The Morgan fingerprint density at radius 2 is 1.86 bits per heavy atom. The van der Waals surface area contributed by atoms with E-state index < -0.39 is 0 Å². The lowest BCUT2D eigenvalue weighted by Gasteiger charge is -2.18. The molecular weight excluding hydrogens is 476 g/mol. The first-order valence-corrected chi connectivity index (χ1v) is 12.0. The summed E-state index contributed by atoms with van der Waals surface area (Å²) >= 11 is 1.17. The average Bonchev–Trinajstić information content (AvgIpc) is 3.48. The van der Waals surface area contributed by atoms with Crippen molar-refractivity contribution in [2.24, 2.45) is 4.99 Å². The Kier molecular flexibility index (Phi) is 6.43. The molecule has 9 heteroatoms. The number of amidine groups is 1. The fourth-order valence-electron chi connectivity index (χ4n) is 3.63. The van der Waals surface area contributed by atoms with Crippen LogP contribution in [0.25, 0.3) is 6.08 Å². The minimum absolute atomic E-state index is 0.0474. The quantitative estimate of drug-likeness (QED) is 0.513. The lowest BCUT2D eigenvalue weighted by molar-refractivity contribution is -0.114. The van der Waals surface area contributed by atoms with Gasteiger partial charge in [0.05, 0.1) is 23.1 Å². The number of carbonyl (C=O) groups is 2. The van der Waals surface area contributed by atoms with E-state index in [9.17, 15) is 9.59 Å². The van der Waals surface area contributed by atoms with Gasteiger partial charge < -0.3 is 14.8 Å². The molecule has 2 amide bonds. The minimum Gasteiger partial charge on any atom is -0.454 e. The second-order valence-electron chi connectivity index (χ2n) is 8.04. The maximum absolute atomic E-state index is 13.4. The number of nitriles is 1. The highest BCUT2D eigenvalue weighted by Crippen LogP contribution is 2.34. The van der Waals surface area contributed by atoms with Gasteiger partial charge in [-0.3, -0.25) is 14.5 Å². The van der Waals surface area contributed by atoms with E-state index in [4.69, 9.17) is 14.7 Å². The van der Waals surface area contributed by atoms with Crippen LogP contribution in [0.4, 0.5) is 11.4 Å². The van der Waals surface area contributed by atoms with Crippen molar-refractivity contribution in [3.05, 3.63) is 89.1 Å². The summed E-state index contributed by atoms with van der Waals surface area (Å²) in [5.41, 5.74) is 3.83. The Balaban J connectivity index is 1.37. The molecular formula is C27H20N4O4S. The molecule has 36 heavy (non-hydrogen) atoms. The Hall–Kier alpha value is -4.55. The molecule has 0 unspecified atom stereocenters. The summed E-state index contributed by atoms with van der Waals surface area (Å²) in [5, 5.41) is 12.1. The van der Waals surface area contributed by atoms with Crippen LogP contribution in [0.15, 0.2) is 77.4 Å². The van der Waals surface area contributed by atoms with Gasteiger partial charge in [0, 0.05) is 5.69 Å². The normalized spacial score (nSPS) is 15.1. The smallest absolute Gasteiger partial charge is 0.283 e. The third-order valence-corrected chi connectivity index (χ3v) is 6.39. The summed E-state index contributed by atoms with van der Waals surface area (Å²) in [4.78, 5) is 32.0. The molecule has 0 fully saturated rings. The van der Waals surface area contributed by atoms with Crippen LogP contribution in [0.1, 0.15) is 16.7 Å². The van der Waals surface area contributed by atoms with Crippen molar-refractivity contribution in [3.63, 3.8) is 0 Å². The Labute approximate surface area is 211 Å². The topological polar surface area (TPSA) is 104 Å². The van der Waals surface area contributed by atoms with Crippen molar-refractivity contribution in [2.45, 2.75) is 6.92 Å². The maximum atomic E-state index is 13.4. The number of rotatable bonds is 5. The van der Waals surface area contributed by atoms with Gasteiger partial charge in [-0.15, -0.1) is 0 Å². The fourth-order valence-corrected chi connectivity index (χ4v) is 4.44. The number of nitrogens with zero attached hydrogens (tertiary/aromatic N) is 3. The number of anilines is 2. The first-order chi connectivity index (χ1) is 17.5. The summed E-state index contributed by atoms with van der Waals surface area (Å²) in [6, 6.07) is 21.6. The lowest BCUT2D eigenvalue weighted by Crippen LogP contribution is -2.31. The molecule has 0 saturated heterocycles. The van der Waals surface area contributed by atoms with E-state index in [1.165, 1.54) is 16.7 Å². The van der Waals surface area contributed by atoms with Crippen LogP contribution in [0, 0.1) is 18.3 Å². The highest BCUT2D eigenvalue weighted by atomic mass is 32.2. The number of hydrogen-bond acceptors (Lipinski definition) is 7. The third kappa shape index (κ3) is 4.94. The highest BCUT2D eigenvalue weighted by Gasteiger charge is 2.32. The monoisotopic (exact) mass is 496 g/mol. The first kappa shape index (κ1) is 23.2. The number of fused-ring (bicyclic) bond motifs is 1. The Bertz CT molecular complexity index is 1440. The molecule has 3 aromatic rings. The number of amides is 2. The number of aliphatic imine (C=N–C) groups is 1. The van der Waals surface area contributed by atoms with Gasteiger partial charge in [-0.1, -0.05) is 35.5 Å². The average molecular weight is 497 g/mol. The predicted octanol–water partition coefficient (Wildman–Crippen LogP) is 4.71. The van der Waals surface area contributed by atoms with Gasteiger partial charge >= 0.3 is 0 Å². The standard InChI is InChI=1S/C27H20N4O4S/c1-17-2-9-21(10-3-17)31-26(33)22(12-19-6-11-23-24(13-19)35-16-34-23)30-27(31)36-15-25(32)29-20-7-4-18(14-28)5-8-20/h2-13H,15-16H2,1H3,(H,29,32)/b22-12+. The number of benzene rings is 3. The summed E-state index contributed by atoms with van der Waals surface area (Å²) in [6.45, 7) is 2.14. The fraction of sp³-hybridized carbons (Fsp3) is 0.111. The molecule has 178 valence electrons. The SMILES string of the molecule is Cc1ccc(N2C(=O)/C(=C\c3ccc4c(c3)OCO4)N=C2SCC(=O)Nc2ccc(C#N)cc2)cc1. The second-order valence-corrected chi connectivity index (χ2v) is 8.98. The van der Waals surface area contributed by atoms with E-state index in [2.05, 4.69) is 10.3 Å². The van der Waals surface area contributed by atoms with E-state index in [1.807, 2.05) is 43.3 Å². The van der Waals surface area contributed by atoms with Crippen LogP contribution >= 0.6 is 11.8 Å². The van der Waals surface area contributed by atoms with Crippen LogP contribution in [0.3, 0.4) is 0 Å². The molecule has 5 rings (SSSR count). The van der Waals surface area contributed by atoms with Crippen LogP contribution in [0.2, 0.25) is 0 Å². The number of aryl methyl sites for hydroxylation is 1. The minimum atomic E-state index is -0.286. The van der Waals surface area contributed by atoms with Gasteiger partial charge in [0.25, 0.3) is 5.91 Å². The third-order valence-electron chi connectivity index (χ3n) is 5.45. The van der Waals surface area contributed by atoms with Gasteiger partial charge in [0.15, 0.2) is 16.7 Å². The molecule has 0 aliphatic carbocycles. The van der Waals surface area contributed by atoms with Crippen molar-refractivity contribution >= 4 is 46.2 Å². The molecule has 1 N–H and O–H groups in total. The highest BCUT2D eigenvalue weighted by molar-refractivity contribution is 8.14. The molecule has 0 radical (unpaired) electrons. The van der Waals surface area contributed by atoms with E-state index in [-0.39, 0.29) is 30.1 Å². The van der Waals surface area contributed by atoms with Gasteiger partial charge in [-0.2, -0.15) is 5.26 Å². The van der Waals surface area contributed by atoms with Crippen LogP contribution in [0.5, 0.6) is 11.5 Å². The van der Waals surface area contributed by atoms with E-state index >= 15 is 0 Å². The zero-order valence-corrected chi connectivity index (χ0v) is 20.0. The van der Waals surface area contributed by atoms with Crippen molar-refractivity contribution in [2.75, 3.05) is 22.8 Å². The van der Waals surface area contributed by atoms with Crippen molar-refractivity contribution in [1.82, 2.24) is 0 Å². The largest absolute Gasteiger partial charge is 0.454 e. The number of nitrogens with one attached hydrogen (secondary N) is 1. The predicted molar refractivity (Wildman–Crippen MR) is 139 cm³/mol. The zero-order chi connectivity index (χ0) is 25.1. The van der Waals surface area contributed by atoms with Crippen molar-refractivity contribution in [3.8, 4) is 17.6 Å². The molecule has 2 aliphatic heterocycles. The molecule has 0 saturated carbocycles. The molecule has 0 atom stereocenters. The Morgan fingerprint density at radius 3 is 2.61 bits per heavy atom. The summed E-state index contributed by atoms with van der Waals surface area (Å²) < 4.78 is 10.8. The second kappa shape index (κ2) is 9.98. The number of carbonyl (C=O) groups excluding carboxylic acids is 2. The van der Waals surface area contributed by atoms with Gasteiger partial charge in [-0.05, 0) is 67.1 Å². The summed E-state index contributed by atoms with van der Waals surface area (Å²) in [5.74, 6) is 0.780. The van der Waals surface area contributed by atoms with Crippen molar-refractivity contribution < 1.29 is 19.1 Å². The molecule has 8 nitrogen and oxygen atoms in total. The first-order valence-electron chi connectivity index (χ1n) is 11.0. The Morgan fingerprint density at radius 1 is 1.11 bits per heavy atom. The maximum Gasteiger partial charge on any atom is 0.283 e. The molecule has 0 aromatic heterocycles. The molecule has 2 heterocycles. The van der Waals surface area contributed by atoms with E-state index in [1.54, 1.807) is 42.5 Å².